The van der Waals surface area contributed by atoms with Gasteiger partial charge >= 0.3 is 5.97 Å². The largest absolute Gasteiger partial charge is 1.00 e. The number of ether oxygens (including phenoxy) is 2. The van der Waals surface area contributed by atoms with Crippen LogP contribution in [0.5, 0.6) is 0 Å². The molecule has 2 heterocycles. The Labute approximate surface area is 289 Å². The number of carbonyl (C=O) groups excluding carboxylic acids is 2. The first-order valence-electron chi connectivity index (χ1n) is 17.5. The quantitative estimate of drug-likeness (QED) is 0.0898. The van der Waals surface area contributed by atoms with Crippen LogP contribution < -0.4 is 17.7 Å². The molecule has 0 spiro atoms. The van der Waals surface area contributed by atoms with Crippen molar-refractivity contribution in [1.29, 1.82) is 0 Å². The third-order valence-electron chi connectivity index (χ3n) is 9.36. The molecule has 11 heteroatoms. The van der Waals surface area contributed by atoms with E-state index in [0.717, 1.165) is 45.1 Å². The van der Waals surface area contributed by atoms with Crippen molar-refractivity contribution in [3.8, 4) is 0 Å². The van der Waals surface area contributed by atoms with Gasteiger partial charge in [-0.15, -0.1) is 23.4 Å². The van der Waals surface area contributed by atoms with E-state index in [1.807, 2.05) is 7.05 Å². The van der Waals surface area contributed by atoms with E-state index < -0.39 is 47.2 Å². The molecule has 0 aromatic heterocycles. The summed E-state index contributed by atoms with van der Waals surface area (Å²) < 4.78 is 11.9. The van der Waals surface area contributed by atoms with Crippen molar-refractivity contribution in [2.45, 2.75) is 177 Å². The Bertz CT molecular complexity index is 811. The molecule has 9 unspecified atom stereocenters. The summed E-state index contributed by atoms with van der Waals surface area (Å²) in [5.74, 6) is -0.0742. The molecule has 0 radical (unpaired) electrons. The summed E-state index contributed by atoms with van der Waals surface area (Å²) in [6.07, 6.45) is 16.3. The molecule has 0 bridgehead atoms. The fourth-order valence-electron chi connectivity index (χ4n) is 6.72. The summed E-state index contributed by atoms with van der Waals surface area (Å²) in [6, 6.07) is -1.00. The van der Waals surface area contributed by atoms with Crippen LogP contribution in [0, 0.1) is 5.92 Å². The maximum Gasteiger partial charge on any atom is 0.306 e. The Hall–Kier alpha value is -0.290. The molecule has 2 saturated heterocycles. The standard InChI is InChI=1S/C34H63ClN2O6S.ClH/c1-6-8-9-10-11-12-13-14-15-16-17-18-19-21-27(38)42-32-30(40)29(39)31(43-34(32)44-5)28(24(3)35)36-33(41)26-22-25(20-7-2)23-37(26)4;/h24-26,28-32,34,39-40H,6-23H2,1-5H3,(H,36,41);1H/p-1. The van der Waals surface area contributed by atoms with Crippen LogP contribution in [-0.4, -0.2) is 94.2 Å². The maximum absolute atomic E-state index is 13.3. The van der Waals surface area contributed by atoms with Crippen LogP contribution in [-0.2, 0) is 19.1 Å². The fourth-order valence-corrected chi connectivity index (χ4v) is 7.65. The van der Waals surface area contributed by atoms with Gasteiger partial charge in [0.25, 0.3) is 0 Å². The van der Waals surface area contributed by atoms with Crippen molar-refractivity contribution < 1.29 is 41.7 Å². The number of hydrogen-bond donors (Lipinski definition) is 3. The number of unbranched alkanes of at least 4 members (excludes halogenated alkanes) is 12. The first-order valence-corrected chi connectivity index (χ1v) is 19.2. The Balaban J connectivity index is 0.0000101. The van der Waals surface area contributed by atoms with Gasteiger partial charge < -0.3 is 37.4 Å². The highest BCUT2D eigenvalue weighted by atomic mass is 35.5. The second kappa shape index (κ2) is 23.9. The zero-order valence-electron chi connectivity index (χ0n) is 28.6. The lowest BCUT2D eigenvalue weighted by Crippen LogP contribution is -3.00. The highest BCUT2D eigenvalue weighted by Gasteiger charge is 2.50. The van der Waals surface area contributed by atoms with Crippen molar-refractivity contribution in [3.63, 3.8) is 0 Å². The number of alkyl halides is 1. The van der Waals surface area contributed by atoms with Gasteiger partial charge in [0.15, 0.2) is 6.10 Å². The van der Waals surface area contributed by atoms with Crippen LogP contribution in [0.4, 0.5) is 0 Å². The first-order chi connectivity index (χ1) is 21.1. The average molecular weight is 699 g/mol. The summed E-state index contributed by atoms with van der Waals surface area (Å²) >= 11 is 7.82. The summed E-state index contributed by atoms with van der Waals surface area (Å²) in [5.41, 5.74) is -0.702. The third kappa shape index (κ3) is 14.8. The number of nitrogens with zero attached hydrogens (tertiary/aromatic N) is 1. The van der Waals surface area contributed by atoms with Gasteiger partial charge in [-0.05, 0) is 45.4 Å². The van der Waals surface area contributed by atoms with Crippen molar-refractivity contribution in [3.05, 3.63) is 0 Å². The van der Waals surface area contributed by atoms with Gasteiger partial charge in [-0.1, -0.05) is 97.3 Å². The summed E-state index contributed by atoms with van der Waals surface area (Å²) in [4.78, 5) is 28.0. The third-order valence-corrected chi connectivity index (χ3v) is 10.5. The Kier molecular flexibility index (Phi) is 22.7. The Morgan fingerprint density at radius 2 is 1.51 bits per heavy atom. The number of thioether (sulfide) groups is 1. The Morgan fingerprint density at radius 1 is 0.956 bits per heavy atom. The number of nitrogens with one attached hydrogen (secondary N) is 1. The zero-order valence-corrected chi connectivity index (χ0v) is 30.9. The minimum atomic E-state index is -1.38. The molecular weight excluding hydrogens is 635 g/mol. The number of halogens is 2. The number of aliphatic hydroxyl groups is 2. The number of likely N-dealkylation sites (N-methyl/N-ethyl adjacent to an activating group) is 1. The molecule has 0 aromatic rings. The van der Waals surface area contributed by atoms with Gasteiger partial charge in [0.2, 0.25) is 5.91 Å². The summed E-state index contributed by atoms with van der Waals surface area (Å²) in [6.45, 7) is 7.01. The van der Waals surface area contributed by atoms with E-state index >= 15 is 0 Å². The lowest BCUT2D eigenvalue weighted by molar-refractivity contribution is -0.218. The number of aliphatic hydroxyl groups excluding tert-OH is 2. The smallest absolute Gasteiger partial charge is 0.306 e. The van der Waals surface area contributed by atoms with Gasteiger partial charge in [-0.25, -0.2) is 0 Å². The number of amides is 1. The monoisotopic (exact) mass is 697 g/mol. The van der Waals surface area contributed by atoms with Crippen LogP contribution in [0.25, 0.3) is 0 Å². The predicted octanol–water partition coefficient (Wildman–Crippen LogP) is 3.43. The second-order valence-electron chi connectivity index (χ2n) is 13.2. The zero-order chi connectivity index (χ0) is 32.5. The van der Waals surface area contributed by atoms with E-state index in [2.05, 4.69) is 24.1 Å². The number of rotatable bonds is 22. The van der Waals surface area contributed by atoms with Crippen molar-refractivity contribution in [2.75, 3.05) is 19.8 Å². The molecule has 0 saturated carbocycles. The predicted molar refractivity (Wildman–Crippen MR) is 181 cm³/mol. The van der Waals surface area contributed by atoms with E-state index in [-0.39, 0.29) is 30.8 Å². The van der Waals surface area contributed by atoms with E-state index in [1.165, 1.54) is 76.0 Å². The van der Waals surface area contributed by atoms with Gasteiger partial charge in [-0.3, -0.25) is 14.5 Å². The van der Waals surface area contributed by atoms with Gasteiger partial charge in [-0.2, -0.15) is 0 Å². The van der Waals surface area contributed by atoms with Gasteiger partial charge in [0, 0.05) is 13.0 Å². The Morgan fingerprint density at radius 3 is 2.02 bits per heavy atom. The minimum absolute atomic E-state index is 0. The van der Waals surface area contributed by atoms with E-state index in [4.69, 9.17) is 21.1 Å². The number of hydrogen-bond acceptors (Lipinski definition) is 8. The van der Waals surface area contributed by atoms with Gasteiger partial charge in [0.05, 0.1) is 17.5 Å². The van der Waals surface area contributed by atoms with Crippen LogP contribution >= 0.6 is 23.4 Å². The molecule has 2 rings (SSSR count). The van der Waals surface area contributed by atoms with Crippen LogP contribution in [0.15, 0.2) is 0 Å². The molecule has 1 amide bonds. The van der Waals surface area contributed by atoms with Crippen LogP contribution in [0.3, 0.4) is 0 Å². The second-order valence-corrected chi connectivity index (χ2v) is 14.8. The molecule has 2 fully saturated rings. The molecule has 3 N–H and O–H groups in total. The van der Waals surface area contributed by atoms with Crippen molar-refractivity contribution in [1.82, 2.24) is 10.2 Å². The number of carbonyl (C=O) groups is 2. The number of likely N-dealkylation sites (tertiary alicyclic amines) is 1. The summed E-state index contributed by atoms with van der Waals surface area (Å²) in [7, 11) is 1.95. The molecule has 9 atom stereocenters. The average Bonchev–Trinajstić information content (AvgIpc) is 3.36. The maximum atomic E-state index is 13.3. The van der Waals surface area contributed by atoms with Crippen molar-refractivity contribution >= 4 is 35.2 Å². The molecule has 266 valence electrons. The van der Waals surface area contributed by atoms with E-state index in [9.17, 15) is 19.8 Å². The first kappa shape index (κ1) is 42.7. The SMILES string of the molecule is CCCCCCCCCCCCCCCC(=O)OC1C(SC)OC(C(NC(=O)C2CC(CCC)CN2C)C(C)Cl)C(O)C1O.[Cl-]. The lowest BCUT2D eigenvalue weighted by Gasteiger charge is -2.45. The molecule has 2 aliphatic rings. The molecule has 45 heavy (non-hydrogen) atoms. The van der Waals surface area contributed by atoms with E-state index in [1.54, 1.807) is 13.2 Å². The topological polar surface area (TPSA) is 108 Å². The van der Waals surface area contributed by atoms with Crippen molar-refractivity contribution in [2.24, 2.45) is 5.92 Å². The number of esters is 1. The minimum Gasteiger partial charge on any atom is -1.00 e. The highest BCUT2D eigenvalue weighted by Crippen LogP contribution is 2.33. The molecule has 8 nitrogen and oxygen atoms in total. The summed E-state index contributed by atoms with van der Waals surface area (Å²) in [5, 5.41) is 24.6. The molecule has 2 aliphatic heterocycles. The lowest BCUT2D eigenvalue weighted by atomic mass is 9.92. The normalized spacial score (nSPS) is 28.3. The molecular formula is C34H63Cl2N2O6S-. The van der Waals surface area contributed by atoms with Crippen LogP contribution in [0.2, 0.25) is 0 Å². The fraction of sp³-hybridized carbons (Fsp3) is 0.941. The highest BCUT2D eigenvalue weighted by molar-refractivity contribution is 7.99. The molecule has 0 aliphatic carbocycles. The molecule has 0 aromatic carbocycles. The van der Waals surface area contributed by atoms with Gasteiger partial charge in [0.1, 0.15) is 23.7 Å². The van der Waals surface area contributed by atoms with Crippen LogP contribution in [0.1, 0.15) is 130 Å². The van der Waals surface area contributed by atoms with E-state index in [0.29, 0.717) is 5.92 Å².